The van der Waals surface area contributed by atoms with Crippen LogP contribution in [-0.4, -0.2) is 62.0 Å². The van der Waals surface area contributed by atoms with Gasteiger partial charge in [0.25, 0.3) is 0 Å². The number of ketones is 2. The third kappa shape index (κ3) is 4.99. The van der Waals surface area contributed by atoms with Crippen LogP contribution in [-0.2, 0) is 11.2 Å². The van der Waals surface area contributed by atoms with E-state index in [2.05, 4.69) is 25.3 Å². The van der Waals surface area contributed by atoms with Gasteiger partial charge in [0.05, 0.1) is 41.3 Å². The zero-order chi connectivity index (χ0) is 25.1. The van der Waals surface area contributed by atoms with Gasteiger partial charge in [0.1, 0.15) is 23.5 Å². The summed E-state index contributed by atoms with van der Waals surface area (Å²) in [6.45, 7) is 0.423. The number of anilines is 1. The fraction of sp³-hybridized carbons (Fsp3) is 0.269. The maximum absolute atomic E-state index is 13.5. The highest BCUT2D eigenvalue weighted by Gasteiger charge is 2.25. The smallest absolute Gasteiger partial charge is 0.196 e. The van der Waals surface area contributed by atoms with Crippen LogP contribution in [0.15, 0.2) is 55.1 Å². The summed E-state index contributed by atoms with van der Waals surface area (Å²) in [6, 6.07) is 10.2. The predicted octanol–water partition coefficient (Wildman–Crippen LogP) is 3.61. The molecule has 1 aliphatic heterocycles. The first kappa shape index (κ1) is 24.1. The van der Waals surface area contributed by atoms with Crippen LogP contribution >= 0.6 is 11.6 Å². The number of carbonyl (C=O) groups excluding carboxylic acids is 2. The number of pyridine rings is 1. The number of aliphatic hydroxyl groups is 1. The van der Waals surface area contributed by atoms with Gasteiger partial charge in [0.15, 0.2) is 11.6 Å². The van der Waals surface area contributed by atoms with E-state index in [-0.39, 0.29) is 41.8 Å². The van der Waals surface area contributed by atoms with Crippen molar-refractivity contribution in [2.75, 3.05) is 18.5 Å². The molecule has 3 aromatic heterocycles. The van der Waals surface area contributed by atoms with E-state index in [0.29, 0.717) is 45.8 Å². The number of aromatic amines is 1. The standard InChI is InChI=1S/C26H24ClN5O4/c27-20-9-15(10-22(34)21-3-1-2-8-28-21)4-7-18(20)24(35)19-11-29-25-23(19)26(31-14-30-25)32-16-5-6-17(12-33)36-13-16/h1-4,7-9,11,14,16-17,33H,5-6,10,12-13H2,(H2,29,30,31,32)/t16-,17-/m0/s1. The molecule has 0 radical (unpaired) electrons. The van der Waals surface area contributed by atoms with E-state index in [1.54, 1.807) is 48.8 Å². The van der Waals surface area contributed by atoms with Crippen LogP contribution in [0.5, 0.6) is 0 Å². The van der Waals surface area contributed by atoms with Crippen molar-refractivity contribution in [3.8, 4) is 0 Å². The first-order chi connectivity index (χ1) is 17.5. The minimum atomic E-state index is -0.285. The first-order valence-electron chi connectivity index (χ1n) is 11.6. The van der Waals surface area contributed by atoms with Crippen molar-refractivity contribution < 1.29 is 19.4 Å². The Morgan fingerprint density at radius 3 is 2.75 bits per heavy atom. The van der Waals surface area contributed by atoms with Gasteiger partial charge in [0.2, 0.25) is 0 Å². The number of hydrogen-bond acceptors (Lipinski definition) is 8. The Balaban J connectivity index is 1.38. The number of ether oxygens (including phenoxy) is 1. The Kier molecular flexibility index (Phi) is 7.04. The number of Topliss-reactive ketones (excluding diaryl/α,β-unsaturated/α-hetero) is 1. The van der Waals surface area contributed by atoms with E-state index in [4.69, 9.17) is 16.3 Å². The van der Waals surface area contributed by atoms with Gasteiger partial charge in [-0.2, -0.15) is 0 Å². The number of hydrogen-bond donors (Lipinski definition) is 3. The number of aromatic nitrogens is 4. The molecule has 36 heavy (non-hydrogen) atoms. The van der Waals surface area contributed by atoms with Crippen molar-refractivity contribution >= 4 is 40.0 Å². The lowest BCUT2D eigenvalue weighted by Gasteiger charge is -2.29. The molecule has 4 aromatic rings. The van der Waals surface area contributed by atoms with Crippen LogP contribution in [0.4, 0.5) is 5.82 Å². The Bertz CT molecular complexity index is 1400. The SMILES string of the molecule is O=C(Cc1ccc(C(=O)c2c[nH]c3ncnc(N[C@H]4CC[C@@H](CO)OC4)c23)c(Cl)c1)c1ccccn1. The van der Waals surface area contributed by atoms with E-state index in [1.807, 2.05) is 0 Å². The van der Waals surface area contributed by atoms with Crippen LogP contribution in [0.2, 0.25) is 5.02 Å². The van der Waals surface area contributed by atoms with Crippen molar-refractivity contribution in [2.24, 2.45) is 0 Å². The molecule has 1 fully saturated rings. The molecule has 0 amide bonds. The van der Waals surface area contributed by atoms with E-state index < -0.39 is 0 Å². The number of benzene rings is 1. The number of halogens is 1. The predicted molar refractivity (Wildman–Crippen MR) is 135 cm³/mol. The molecule has 5 rings (SSSR count). The number of H-pyrrole nitrogens is 1. The highest BCUT2D eigenvalue weighted by molar-refractivity contribution is 6.35. The van der Waals surface area contributed by atoms with Gasteiger partial charge in [-0.25, -0.2) is 9.97 Å². The minimum Gasteiger partial charge on any atom is -0.394 e. The second-order valence-corrected chi connectivity index (χ2v) is 9.07. The molecule has 0 unspecified atom stereocenters. The second-order valence-electron chi connectivity index (χ2n) is 8.66. The molecule has 10 heteroatoms. The molecule has 1 aromatic carbocycles. The summed E-state index contributed by atoms with van der Waals surface area (Å²) in [5.41, 5.74) is 2.29. The Hall–Kier alpha value is -3.66. The average Bonchev–Trinajstić information content (AvgIpc) is 3.35. The van der Waals surface area contributed by atoms with Crippen molar-refractivity contribution in [1.82, 2.24) is 19.9 Å². The van der Waals surface area contributed by atoms with Gasteiger partial charge in [-0.15, -0.1) is 0 Å². The van der Waals surface area contributed by atoms with Gasteiger partial charge in [-0.05, 0) is 42.7 Å². The highest BCUT2D eigenvalue weighted by atomic mass is 35.5. The van der Waals surface area contributed by atoms with Gasteiger partial charge in [-0.1, -0.05) is 23.7 Å². The van der Waals surface area contributed by atoms with E-state index in [9.17, 15) is 14.7 Å². The number of aliphatic hydroxyl groups excluding tert-OH is 1. The van der Waals surface area contributed by atoms with Gasteiger partial charge >= 0.3 is 0 Å². The van der Waals surface area contributed by atoms with Crippen molar-refractivity contribution in [3.63, 3.8) is 0 Å². The lowest BCUT2D eigenvalue weighted by molar-refractivity contribution is -0.0224. The van der Waals surface area contributed by atoms with Gasteiger partial charge < -0.3 is 20.1 Å². The average molecular weight is 506 g/mol. The third-order valence-corrected chi connectivity index (χ3v) is 6.54. The van der Waals surface area contributed by atoms with E-state index >= 15 is 0 Å². The zero-order valence-electron chi connectivity index (χ0n) is 19.3. The number of nitrogens with one attached hydrogen (secondary N) is 2. The van der Waals surface area contributed by atoms with Crippen LogP contribution in [0.3, 0.4) is 0 Å². The molecule has 0 bridgehead atoms. The molecule has 1 aliphatic rings. The highest BCUT2D eigenvalue weighted by Crippen LogP contribution is 2.30. The first-order valence-corrected chi connectivity index (χ1v) is 12.0. The molecule has 4 heterocycles. The maximum Gasteiger partial charge on any atom is 0.196 e. The quantitative estimate of drug-likeness (QED) is 0.309. The molecular formula is C26H24ClN5O4. The summed E-state index contributed by atoms with van der Waals surface area (Å²) in [5.74, 6) is 0.105. The Labute approximate surface area is 211 Å². The normalized spacial score (nSPS) is 17.7. The Morgan fingerprint density at radius 2 is 2.03 bits per heavy atom. The fourth-order valence-electron chi connectivity index (χ4n) is 4.31. The fourth-order valence-corrected chi connectivity index (χ4v) is 4.60. The monoisotopic (exact) mass is 505 g/mol. The minimum absolute atomic E-state index is 0.00220. The van der Waals surface area contributed by atoms with Crippen LogP contribution < -0.4 is 5.32 Å². The van der Waals surface area contributed by atoms with Crippen molar-refractivity contribution in [1.29, 1.82) is 0 Å². The molecule has 3 N–H and O–H groups in total. The summed E-state index contributed by atoms with van der Waals surface area (Å²) in [4.78, 5) is 41.8. The zero-order valence-corrected chi connectivity index (χ0v) is 20.0. The molecule has 2 atom stereocenters. The van der Waals surface area contributed by atoms with E-state index in [1.165, 1.54) is 6.33 Å². The second kappa shape index (κ2) is 10.5. The molecule has 0 saturated carbocycles. The molecule has 9 nitrogen and oxygen atoms in total. The molecule has 0 aliphatic carbocycles. The lowest BCUT2D eigenvalue weighted by Crippen LogP contribution is -2.36. The maximum atomic E-state index is 13.5. The summed E-state index contributed by atoms with van der Waals surface area (Å²) in [7, 11) is 0. The van der Waals surface area contributed by atoms with Gasteiger partial charge in [-0.3, -0.25) is 14.6 Å². The summed E-state index contributed by atoms with van der Waals surface area (Å²) in [6.07, 6.45) is 6.10. The van der Waals surface area contributed by atoms with Crippen LogP contribution in [0.25, 0.3) is 11.0 Å². The van der Waals surface area contributed by atoms with Crippen molar-refractivity contribution in [2.45, 2.75) is 31.4 Å². The number of nitrogens with zero attached hydrogens (tertiary/aromatic N) is 3. The summed E-state index contributed by atoms with van der Waals surface area (Å²) in [5, 5.41) is 13.5. The molecule has 1 saturated heterocycles. The van der Waals surface area contributed by atoms with Crippen molar-refractivity contribution in [3.05, 3.63) is 82.5 Å². The Morgan fingerprint density at radius 1 is 1.14 bits per heavy atom. The molecule has 0 spiro atoms. The lowest BCUT2D eigenvalue weighted by atomic mass is 9.99. The molecular weight excluding hydrogens is 482 g/mol. The van der Waals surface area contributed by atoms with E-state index in [0.717, 1.165) is 12.8 Å². The number of rotatable bonds is 8. The number of fused-ring (bicyclic) bond motifs is 1. The van der Waals surface area contributed by atoms with Crippen LogP contribution in [0, 0.1) is 0 Å². The topological polar surface area (TPSA) is 130 Å². The van der Waals surface area contributed by atoms with Crippen LogP contribution in [0.1, 0.15) is 44.8 Å². The molecule has 184 valence electrons. The third-order valence-electron chi connectivity index (χ3n) is 6.22. The largest absolute Gasteiger partial charge is 0.394 e. The van der Waals surface area contributed by atoms with Gasteiger partial charge in [0, 0.05) is 24.4 Å². The summed E-state index contributed by atoms with van der Waals surface area (Å²) >= 11 is 6.50. The summed E-state index contributed by atoms with van der Waals surface area (Å²) < 4.78 is 5.66. The number of carbonyl (C=O) groups is 2.